The van der Waals surface area contributed by atoms with Crippen molar-refractivity contribution in [3.63, 3.8) is 0 Å². The Morgan fingerprint density at radius 2 is 1.86 bits per heavy atom. The highest BCUT2D eigenvalue weighted by Gasteiger charge is 2.24. The van der Waals surface area contributed by atoms with Crippen molar-refractivity contribution in [2.75, 3.05) is 13.2 Å². The predicted octanol–water partition coefficient (Wildman–Crippen LogP) is 2.50. The van der Waals surface area contributed by atoms with Gasteiger partial charge in [0.25, 0.3) is 0 Å². The van der Waals surface area contributed by atoms with E-state index in [0.717, 1.165) is 40.2 Å². The number of nitrogens with one attached hydrogen (secondary N) is 1. The molecule has 1 aromatic carbocycles. The molecule has 1 aromatic rings. The molecular formula is C17H23NO3. The van der Waals surface area contributed by atoms with E-state index in [1.54, 1.807) is 0 Å². The zero-order valence-corrected chi connectivity index (χ0v) is 13.2. The third-order valence-electron chi connectivity index (χ3n) is 4.15. The number of carbonyl (C=O) groups excluding carboxylic acids is 1. The summed E-state index contributed by atoms with van der Waals surface area (Å²) in [6.07, 6.45) is 1.54. The number of amides is 1. The van der Waals surface area contributed by atoms with E-state index in [4.69, 9.17) is 9.47 Å². The van der Waals surface area contributed by atoms with Crippen molar-refractivity contribution in [3.8, 4) is 5.75 Å². The molecule has 1 aliphatic heterocycles. The van der Waals surface area contributed by atoms with Crippen LogP contribution in [0.5, 0.6) is 5.75 Å². The Hall–Kier alpha value is -1.81. The van der Waals surface area contributed by atoms with E-state index in [1.807, 2.05) is 0 Å². The average molecular weight is 289 g/mol. The standard InChI is InChI=1S/C17H23NO3/c1-6-16(19)18-7-15-10(2)12(4)17(13(5)11(15)3)21-9-14-8-20-14/h6,14H,1,7-9H2,2-5H3,(H,18,19). The number of hydrogen-bond donors (Lipinski definition) is 1. The van der Waals surface area contributed by atoms with Gasteiger partial charge in [-0.05, 0) is 61.6 Å². The van der Waals surface area contributed by atoms with Crippen LogP contribution in [0.4, 0.5) is 0 Å². The first-order valence-corrected chi connectivity index (χ1v) is 7.19. The summed E-state index contributed by atoms with van der Waals surface area (Å²) in [5.41, 5.74) is 5.72. The molecule has 4 heteroatoms. The fourth-order valence-electron chi connectivity index (χ4n) is 2.43. The van der Waals surface area contributed by atoms with E-state index >= 15 is 0 Å². The van der Waals surface area contributed by atoms with Crippen molar-refractivity contribution in [1.29, 1.82) is 0 Å². The van der Waals surface area contributed by atoms with Crippen LogP contribution in [0.3, 0.4) is 0 Å². The van der Waals surface area contributed by atoms with Gasteiger partial charge in [0, 0.05) is 6.54 Å². The quantitative estimate of drug-likeness (QED) is 0.646. The smallest absolute Gasteiger partial charge is 0.243 e. The third kappa shape index (κ3) is 3.45. The second-order valence-corrected chi connectivity index (χ2v) is 5.50. The SMILES string of the molecule is C=CC(=O)NCc1c(C)c(C)c(OCC2CO2)c(C)c1C. The van der Waals surface area contributed by atoms with Crippen molar-refractivity contribution < 1.29 is 14.3 Å². The second kappa shape index (κ2) is 6.31. The minimum absolute atomic E-state index is 0.157. The first kappa shape index (κ1) is 15.6. The number of benzene rings is 1. The minimum Gasteiger partial charge on any atom is -0.490 e. The number of hydrogen-bond acceptors (Lipinski definition) is 3. The average Bonchev–Trinajstić information content (AvgIpc) is 3.29. The summed E-state index contributed by atoms with van der Waals surface area (Å²) in [4.78, 5) is 11.4. The molecule has 21 heavy (non-hydrogen) atoms. The Kier molecular flexibility index (Phi) is 4.68. The van der Waals surface area contributed by atoms with Crippen molar-refractivity contribution in [2.45, 2.75) is 40.3 Å². The number of rotatable bonds is 6. The van der Waals surface area contributed by atoms with Gasteiger partial charge in [-0.15, -0.1) is 0 Å². The van der Waals surface area contributed by atoms with Gasteiger partial charge in [0.15, 0.2) is 0 Å². The zero-order valence-electron chi connectivity index (χ0n) is 13.2. The highest BCUT2D eigenvalue weighted by Crippen LogP contribution is 2.33. The molecule has 1 unspecified atom stereocenters. The molecule has 2 rings (SSSR count). The second-order valence-electron chi connectivity index (χ2n) is 5.50. The molecule has 1 fully saturated rings. The summed E-state index contributed by atoms with van der Waals surface area (Å²) in [6.45, 7) is 13.6. The molecule has 1 heterocycles. The molecule has 0 bridgehead atoms. The van der Waals surface area contributed by atoms with E-state index in [2.05, 4.69) is 39.6 Å². The molecule has 1 amide bonds. The lowest BCUT2D eigenvalue weighted by Crippen LogP contribution is -2.22. The normalized spacial score (nSPS) is 16.5. The first-order valence-electron chi connectivity index (χ1n) is 7.19. The largest absolute Gasteiger partial charge is 0.490 e. The number of carbonyl (C=O) groups is 1. The van der Waals surface area contributed by atoms with Crippen LogP contribution < -0.4 is 10.1 Å². The van der Waals surface area contributed by atoms with Gasteiger partial charge in [-0.2, -0.15) is 0 Å². The molecule has 114 valence electrons. The van der Waals surface area contributed by atoms with Gasteiger partial charge in [-0.25, -0.2) is 0 Å². The summed E-state index contributed by atoms with van der Waals surface area (Å²) in [5, 5.41) is 2.85. The van der Waals surface area contributed by atoms with Crippen LogP contribution in [0.1, 0.15) is 27.8 Å². The van der Waals surface area contributed by atoms with Gasteiger partial charge in [0.2, 0.25) is 5.91 Å². The maximum absolute atomic E-state index is 11.4. The predicted molar refractivity (Wildman–Crippen MR) is 82.7 cm³/mol. The highest BCUT2D eigenvalue weighted by atomic mass is 16.6. The molecule has 1 atom stereocenters. The lowest BCUT2D eigenvalue weighted by atomic mass is 9.93. The Morgan fingerprint density at radius 3 is 2.33 bits per heavy atom. The van der Waals surface area contributed by atoms with Crippen LogP contribution >= 0.6 is 0 Å². The van der Waals surface area contributed by atoms with E-state index < -0.39 is 0 Å². The summed E-state index contributed by atoms with van der Waals surface area (Å²) in [7, 11) is 0. The fourth-order valence-corrected chi connectivity index (χ4v) is 2.43. The van der Waals surface area contributed by atoms with Crippen LogP contribution in [-0.2, 0) is 16.1 Å². The zero-order chi connectivity index (χ0) is 15.6. The maximum Gasteiger partial charge on any atom is 0.243 e. The Labute approximate surface area is 126 Å². The number of ether oxygens (including phenoxy) is 2. The van der Waals surface area contributed by atoms with Gasteiger partial charge in [0.1, 0.15) is 18.5 Å². The lowest BCUT2D eigenvalue weighted by molar-refractivity contribution is -0.116. The summed E-state index contributed by atoms with van der Waals surface area (Å²) in [5.74, 6) is 0.787. The van der Waals surface area contributed by atoms with E-state index in [0.29, 0.717) is 13.2 Å². The van der Waals surface area contributed by atoms with Crippen LogP contribution in [-0.4, -0.2) is 25.2 Å². The van der Waals surface area contributed by atoms with Crippen molar-refractivity contribution in [2.24, 2.45) is 0 Å². The molecule has 0 spiro atoms. The molecule has 1 aliphatic rings. The number of epoxide rings is 1. The Morgan fingerprint density at radius 1 is 1.29 bits per heavy atom. The van der Waals surface area contributed by atoms with Gasteiger partial charge in [-0.1, -0.05) is 6.58 Å². The van der Waals surface area contributed by atoms with Crippen LogP contribution in [0.15, 0.2) is 12.7 Å². The first-order chi connectivity index (χ1) is 9.95. The molecule has 0 aromatic heterocycles. The maximum atomic E-state index is 11.4. The molecule has 1 saturated heterocycles. The molecule has 0 radical (unpaired) electrons. The van der Waals surface area contributed by atoms with Gasteiger partial charge in [-0.3, -0.25) is 4.79 Å². The molecular weight excluding hydrogens is 266 g/mol. The molecule has 0 aliphatic carbocycles. The third-order valence-corrected chi connectivity index (χ3v) is 4.15. The fraction of sp³-hybridized carbons (Fsp3) is 0.471. The van der Waals surface area contributed by atoms with Gasteiger partial charge < -0.3 is 14.8 Å². The van der Waals surface area contributed by atoms with Crippen LogP contribution in [0.2, 0.25) is 0 Å². The topological polar surface area (TPSA) is 50.9 Å². The molecule has 0 saturated carbocycles. The van der Waals surface area contributed by atoms with Crippen molar-refractivity contribution >= 4 is 5.91 Å². The summed E-state index contributed by atoms with van der Waals surface area (Å²) in [6, 6.07) is 0. The summed E-state index contributed by atoms with van der Waals surface area (Å²) >= 11 is 0. The van der Waals surface area contributed by atoms with Crippen molar-refractivity contribution in [3.05, 3.63) is 40.5 Å². The van der Waals surface area contributed by atoms with E-state index in [-0.39, 0.29) is 12.0 Å². The Bertz CT molecular complexity index is 545. The monoisotopic (exact) mass is 289 g/mol. The highest BCUT2D eigenvalue weighted by molar-refractivity contribution is 5.86. The Balaban J connectivity index is 2.25. The summed E-state index contributed by atoms with van der Waals surface area (Å²) < 4.78 is 11.1. The van der Waals surface area contributed by atoms with Gasteiger partial charge in [0.05, 0.1) is 6.61 Å². The molecule has 4 nitrogen and oxygen atoms in total. The lowest BCUT2D eigenvalue weighted by Gasteiger charge is -2.20. The van der Waals surface area contributed by atoms with Gasteiger partial charge >= 0.3 is 0 Å². The van der Waals surface area contributed by atoms with Crippen LogP contribution in [0.25, 0.3) is 0 Å². The van der Waals surface area contributed by atoms with Crippen molar-refractivity contribution in [1.82, 2.24) is 5.32 Å². The van der Waals surface area contributed by atoms with Crippen LogP contribution in [0, 0.1) is 27.7 Å². The minimum atomic E-state index is -0.157. The molecule has 1 N–H and O–H groups in total. The van der Waals surface area contributed by atoms with E-state index in [9.17, 15) is 4.79 Å². The van der Waals surface area contributed by atoms with E-state index in [1.165, 1.54) is 6.08 Å².